The van der Waals surface area contributed by atoms with E-state index in [-0.39, 0.29) is 17.8 Å². The van der Waals surface area contributed by atoms with Crippen LogP contribution >= 0.6 is 0 Å². The van der Waals surface area contributed by atoms with Gasteiger partial charge in [0.25, 0.3) is 0 Å². The second-order valence-electron chi connectivity index (χ2n) is 4.23. The lowest BCUT2D eigenvalue weighted by molar-refractivity contribution is -0.384. The highest BCUT2D eigenvalue weighted by Gasteiger charge is 2.44. The Kier molecular flexibility index (Phi) is 2.34. The number of aliphatic hydroxyl groups is 1. The number of nitrogens with zero attached hydrogens (tertiary/aromatic N) is 3. The number of nitro groups is 1. The normalized spacial score (nSPS) is 17.2. The highest BCUT2D eigenvalue weighted by molar-refractivity contribution is 5.61. The molecule has 2 rings (SSSR count). The Labute approximate surface area is 92.2 Å². The van der Waals surface area contributed by atoms with Gasteiger partial charge in [-0.15, -0.1) is 0 Å². The van der Waals surface area contributed by atoms with Crippen molar-refractivity contribution in [3.8, 4) is 0 Å². The van der Waals surface area contributed by atoms with Crippen LogP contribution in [-0.2, 0) is 7.05 Å². The molecular weight excluding hydrogens is 212 g/mol. The molecule has 0 bridgehead atoms. The monoisotopic (exact) mass is 226 g/mol. The number of nitrogens with one attached hydrogen (secondary N) is 1. The maximum atomic E-state index is 10.9. The quantitative estimate of drug-likeness (QED) is 0.578. The Balaban J connectivity index is 2.36. The number of rotatable bonds is 4. The predicted octanol–water partition coefficient (Wildman–Crippen LogP) is 0.574. The van der Waals surface area contributed by atoms with Gasteiger partial charge in [0, 0.05) is 7.05 Å². The average molecular weight is 226 g/mol. The summed E-state index contributed by atoms with van der Waals surface area (Å²) in [4.78, 5) is 10.5. The van der Waals surface area contributed by atoms with Crippen molar-refractivity contribution in [2.45, 2.75) is 25.3 Å². The van der Waals surface area contributed by atoms with Gasteiger partial charge in [0.1, 0.15) is 5.69 Å². The molecule has 2 N–H and O–H groups in total. The van der Waals surface area contributed by atoms with Crippen molar-refractivity contribution < 1.29 is 10.0 Å². The summed E-state index contributed by atoms with van der Waals surface area (Å²) in [5.41, 5.74) is -0.0173. The molecule has 0 radical (unpaired) electrons. The summed E-state index contributed by atoms with van der Waals surface area (Å²) in [6.07, 6.45) is 1.65. The Morgan fingerprint density at radius 1 is 1.69 bits per heavy atom. The minimum absolute atomic E-state index is 0.0118. The zero-order valence-electron chi connectivity index (χ0n) is 9.23. The van der Waals surface area contributed by atoms with Crippen molar-refractivity contribution in [2.24, 2.45) is 7.05 Å². The molecule has 1 saturated carbocycles. The summed E-state index contributed by atoms with van der Waals surface area (Å²) < 4.78 is 1.45. The Bertz CT molecular complexity index is 436. The minimum atomic E-state index is -0.446. The summed E-state index contributed by atoms with van der Waals surface area (Å²) >= 11 is 0. The van der Waals surface area contributed by atoms with E-state index in [1.165, 1.54) is 4.68 Å². The van der Waals surface area contributed by atoms with E-state index >= 15 is 0 Å². The molecule has 0 aliphatic heterocycles. The van der Waals surface area contributed by atoms with E-state index in [4.69, 9.17) is 0 Å². The molecular formula is C9H14N4O3. The summed E-state index contributed by atoms with van der Waals surface area (Å²) in [5.74, 6) is 0.369. The molecule has 1 aromatic heterocycles. The standard InChI is InChI=1S/C9H14N4O3/c1-6-7(13(15)16)8(12(2)11-6)10-9(5-14)3-4-9/h10,14H,3-5H2,1-2H3. The molecule has 1 aliphatic carbocycles. The number of aryl methyl sites for hydroxylation is 2. The first kappa shape index (κ1) is 10.9. The maximum absolute atomic E-state index is 10.9. The molecule has 1 heterocycles. The first-order valence-corrected chi connectivity index (χ1v) is 5.06. The third-order valence-corrected chi connectivity index (χ3v) is 2.91. The second-order valence-corrected chi connectivity index (χ2v) is 4.23. The fraction of sp³-hybridized carbons (Fsp3) is 0.667. The number of hydrogen-bond acceptors (Lipinski definition) is 5. The maximum Gasteiger partial charge on any atom is 0.333 e. The van der Waals surface area contributed by atoms with Gasteiger partial charge in [-0.2, -0.15) is 5.10 Å². The molecule has 0 atom stereocenters. The number of hydrogen-bond donors (Lipinski definition) is 2. The molecule has 7 heteroatoms. The van der Waals surface area contributed by atoms with Gasteiger partial charge in [0.15, 0.2) is 0 Å². The van der Waals surface area contributed by atoms with Gasteiger partial charge < -0.3 is 10.4 Å². The van der Waals surface area contributed by atoms with E-state index in [9.17, 15) is 15.2 Å². The SMILES string of the molecule is Cc1nn(C)c(NC2(CO)CC2)c1[N+](=O)[O-]. The molecule has 88 valence electrons. The molecule has 0 aromatic carbocycles. The summed E-state index contributed by atoms with van der Waals surface area (Å²) in [7, 11) is 1.65. The molecule has 1 aliphatic rings. The molecule has 1 aromatic rings. The van der Waals surface area contributed by atoms with E-state index in [1.54, 1.807) is 14.0 Å². The highest BCUT2D eigenvalue weighted by Crippen LogP contribution is 2.41. The van der Waals surface area contributed by atoms with Crippen molar-refractivity contribution >= 4 is 11.5 Å². The van der Waals surface area contributed by atoms with Crippen molar-refractivity contribution in [1.82, 2.24) is 9.78 Å². The predicted molar refractivity (Wildman–Crippen MR) is 57.3 cm³/mol. The summed E-state index contributed by atoms with van der Waals surface area (Å²) in [5, 5.41) is 27.1. The van der Waals surface area contributed by atoms with Crippen LogP contribution in [0.4, 0.5) is 11.5 Å². The van der Waals surface area contributed by atoms with Crippen molar-refractivity contribution in [1.29, 1.82) is 0 Å². The van der Waals surface area contributed by atoms with Gasteiger partial charge in [-0.3, -0.25) is 10.1 Å². The van der Waals surface area contributed by atoms with Crippen LogP contribution < -0.4 is 5.32 Å². The molecule has 0 saturated heterocycles. The Morgan fingerprint density at radius 3 is 2.75 bits per heavy atom. The van der Waals surface area contributed by atoms with Crippen LogP contribution in [-0.4, -0.2) is 32.0 Å². The lowest BCUT2D eigenvalue weighted by Crippen LogP contribution is -2.27. The van der Waals surface area contributed by atoms with Crippen molar-refractivity contribution in [3.05, 3.63) is 15.8 Å². The molecule has 0 unspecified atom stereocenters. The van der Waals surface area contributed by atoms with E-state index < -0.39 is 4.92 Å². The average Bonchev–Trinajstić information content (AvgIpc) is 2.90. The smallest absolute Gasteiger partial charge is 0.333 e. The Morgan fingerprint density at radius 2 is 2.31 bits per heavy atom. The third-order valence-electron chi connectivity index (χ3n) is 2.91. The molecule has 0 amide bonds. The number of anilines is 1. The fourth-order valence-corrected chi connectivity index (χ4v) is 1.73. The van der Waals surface area contributed by atoms with Crippen LogP contribution in [0.15, 0.2) is 0 Å². The molecule has 16 heavy (non-hydrogen) atoms. The van der Waals surface area contributed by atoms with Crippen molar-refractivity contribution in [3.63, 3.8) is 0 Å². The van der Waals surface area contributed by atoms with Gasteiger partial charge >= 0.3 is 5.69 Å². The molecule has 0 spiro atoms. The lowest BCUT2D eigenvalue weighted by atomic mass is 10.3. The van der Waals surface area contributed by atoms with Crippen LogP contribution in [0, 0.1) is 17.0 Å². The minimum Gasteiger partial charge on any atom is -0.394 e. The van der Waals surface area contributed by atoms with Gasteiger partial charge in [-0.25, -0.2) is 4.68 Å². The van der Waals surface area contributed by atoms with Crippen molar-refractivity contribution in [2.75, 3.05) is 11.9 Å². The number of aromatic nitrogens is 2. The van der Waals surface area contributed by atoms with Crippen LogP contribution in [0.1, 0.15) is 18.5 Å². The van der Waals surface area contributed by atoms with E-state index in [0.29, 0.717) is 11.5 Å². The van der Waals surface area contributed by atoms with Crippen LogP contribution in [0.3, 0.4) is 0 Å². The molecule has 1 fully saturated rings. The zero-order chi connectivity index (χ0) is 11.9. The van der Waals surface area contributed by atoms with Crippen LogP contribution in [0.5, 0.6) is 0 Å². The highest BCUT2D eigenvalue weighted by atomic mass is 16.6. The zero-order valence-corrected chi connectivity index (χ0v) is 9.23. The first-order chi connectivity index (χ1) is 7.49. The van der Waals surface area contributed by atoms with E-state index in [2.05, 4.69) is 10.4 Å². The van der Waals surface area contributed by atoms with E-state index in [1.807, 2.05) is 0 Å². The largest absolute Gasteiger partial charge is 0.394 e. The van der Waals surface area contributed by atoms with Crippen LogP contribution in [0.25, 0.3) is 0 Å². The summed E-state index contributed by atoms with van der Waals surface area (Å²) in [6.45, 7) is 1.58. The van der Waals surface area contributed by atoms with Gasteiger partial charge in [-0.1, -0.05) is 0 Å². The second kappa shape index (κ2) is 3.44. The van der Waals surface area contributed by atoms with Gasteiger partial charge in [0.2, 0.25) is 5.82 Å². The summed E-state index contributed by atoms with van der Waals surface area (Å²) in [6, 6.07) is 0. The third kappa shape index (κ3) is 1.63. The van der Waals surface area contributed by atoms with Gasteiger partial charge in [0.05, 0.1) is 17.1 Å². The molecule has 7 nitrogen and oxygen atoms in total. The van der Waals surface area contributed by atoms with Crippen LogP contribution in [0.2, 0.25) is 0 Å². The van der Waals surface area contributed by atoms with Gasteiger partial charge in [-0.05, 0) is 19.8 Å². The topological polar surface area (TPSA) is 93.2 Å². The Hall–Kier alpha value is -1.63. The number of aliphatic hydroxyl groups excluding tert-OH is 1. The lowest BCUT2D eigenvalue weighted by Gasteiger charge is -2.14. The fourth-order valence-electron chi connectivity index (χ4n) is 1.73. The van der Waals surface area contributed by atoms with E-state index in [0.717, 1.165) is 12.8 Å². The first-order valence-electron chi connectivity index (χ1n) is 5.06.